The lowest BCUT2D eigenvalue weighted by Gasteiger charge is -2.39. The summed E-state index contributed by atoms with van der Waals surface area (Å²) < 4.78 is 46.9. The molecule has 2 aliphatic rings. The van der Waals surface area contributed by atoms with Crippen molar-refractivity contribution in [2.45, 2.75) is 50.6 Å². The number of amides is 1. The highest BCUT2D eigenvalue weighted by atomic mass is 32.1. The molecule has 1 atom stereocenters. The van der Waals surface area contributed by atoms with Gasteiger partial charge in [-0.15, -0.1) is 24.5 Å². The van der Waals surface area contributed by atoms with Crippen LogP contribution < -0.4 is 4.74 Å². The number of nitrogens with zero attached hydrogens (tertiary/aromatic N) is 1. The van der Waals surface area contributed by atoms with Gasteiger partial charge in [-0.2, -0.15) is 0 Å². The highest BCUT2D eigenvalue weighted by Gasteiger charge is 2.37. The molecule has 1 fully saturated rings. The van der Waals surface area contributed by atoms with Crippen LogP contribution in [0.25, 0.3) is 0 Å². The number of carbonyl (C=O) groups excluding carboxylic acids is 1. The summed E-state index contributed by atoms with van der Waals surface area (Å²) in [5, 5.41) is 2.01. The van der Waals surface area contributed by atoms with Gasteiger partial charge < -0.3 is 14.4 Å². The van der Waals surface area contributed by atoms with E-state index < -0.39 is 6.36 Å². The lowest BCUT2D eigenvalue weighted by molar-refractivity contribution is -0.274. The zero-order chi connectivity index (χ0) is 21.3. The SMILES string of the molecule is COC1CCC(C(=O)N2CCc3sccc3C2c2ccc(OC(F)(F)F)cc2)CC1. The molecule has 4 rings (SSSR count). The van der Waals surface area contributed by atoms with Gasteiger partial charge in [-0.05, 0) is 66.8 Å². The summed E-state index contributed by atoms with van der Waals surface area (Å²) in [5.41, 5.74) is 1.86. The largest absolute Gasteiger partial charge is 0.573 e. The Labute approximate surface area is 177 Å². The number of halogens is 3. The Bertz CT molecular complexity index is 872. The van der Waals surface area contributed by atoms with E-state index in [0.717, 1.165) is 43.2 Å². The van der Waals surface area contributed by atoms with Crippen LogP contribution in [-0.4, -0.2) is 36.9 Å². The molecule has 0 spiro atoms. The molecule has 0 N–H and O–H groups in total. The number of hydrogen-bond acceptors (Lipinski definition) is 4. The first kappa shape index (κ1) is 21.2. The van der Waals surface area contributed by atoms with Gasteiger partial charge in [-0.3, -0.25) is 4.79 Å². The molecule has 1 aliphatic carbocycles. The molecule has 8 heteroatoms. The molecule has 1 amide bonds. The summed E-state index contributed by atoms with van der Waals surface area (Å²) in [5.74, 6) is -0.169. The molecule has 2 heterocycles. The predicted octanol–water partition coefficient (Wildman–Crippen LogP) is 5.33. The maximum atomic E-state index is 13.4. The van der Waals surface area contributed by atoms with Crippen LogP contribution in [0.4, 0.5) is 13.2 Å². The van der Waals surface area contributed by atoms with E-state index in [1.807, 2.05) is 16.3 Å². The Kier molecular flexibility index (Phi) is 6.06. The van der Waals surface area contributed by atoms with Crippen LogP contribution in [0.5, 0.6) is 5.75 Å². The topological polar surface area (TPSA) is 38.8 Å². The van der Waals surface area contributed by atoms with Crippen LogP contribution in [0.15, 0.2) is 35.7 Å². The van der Waals surface area contributed by atoms with Crippen molar-refractivity contribution >= 4 is 17.2 Å². The number of carbonyl (C=O) groups is 1. The van der Waals surface area contributed by atoms with Crippen molar-refractivity contribution in [3.8, 4) is 5.75 Å². The molecule has 0 bridgehead atoms. The molecule has 0 radical (unpaired) electrons. The standard InChI is InChI=1S/C22H24F3NO3S/c1-28-16-6-4-15(5-7-16)21(27)26-12-10-19-18(11-13-30-19)20(26)14-2-8-17(9-3-14)29-22(23,24)25/h2-3,8-9,11,13,15-16,20H,4-7,10,12H2,1H3. The second-order valence-corrected chi connectivity index (χ2v) is 8.81. The first-order valence-corrected chi connectivity index (χ1v) is 11.0. The molecule has 1 unspecified atom stereocenters. The molecular formula is C22H24F3NO3S. The molecule has 162 valence electrons. The Morgan fingerprint density at radius 3 is 2.43 bits per heavy atom. The average molecular weight is 439 g/mol. The number of hydrogen-bond donors (Lipinski definition) is 0. The molecule has 2 aromatic rings. The number of rotatable bonds is 4. The maximum Gasteiger partial charge on any atom is 0.573 e. The fourth-order valence-corrected chi connectivity index (χ4v) is 5.45. The summed E-state index contributed by atoms with van der Waals surface area (Å²) in [6, 6.07) is 7.62. The van der Waals surface area contributed by atoms with Crippen molar-refractivity contribution in [3.63, 3.8) is 0 Å². The molecular weight excluding hydrogens is 415 g/mol. The van der Waals surface area contributed by atoms with Crippen molar-refractivity contribution in [3.05, 3.63) is 51.7 Å². The highest BCUT2D eigenvalue weighted by molar-refractivity contribution is 7.10. The van der Waals surface area contributed by atoms with E-state index in [1.54, 1.807) is 30.6 Å². The molecule has 4 nitrogen and oxygen atoms in total. The Morgan fingerprint density at radius 1 is 1.10 bits per heavy atom. The van der Waals surface area contributed by atoms with E-state index >= 15 is 0 Å². The van der Waals surface area contributed by atoms with Crippen LogP contribution in [-0.2, 0) is 16.0 Å². The first-order chi connectivity index (χ1) is 14.4. The summed E-state index contributed by atoms with van der Waals surface area (Å²) in [4.78, 5) is 16.6. The summed E-state index contributed by atoms with van der Waals surface area (Å²) >= 11 is 1.66. The van der Waals surface area contributed by atoms with Gasteiger partial charge >= 0.3 is 6.36 Å². The van der Waals surface area contributed by atoms with Crippen molar-refractivity contribution in [1.29, 1.82) is 0 Å². The summed E-state index contributed by atoms with van der Waals surface area (Å²) in [6.07, 6.45) is -0.355. The van der Waals surface area contributed by atoms with Gasteiger partial charge in [-0.25, -0.2) is 0 Å². The molecule has 30 heavy (non-hydrogen) atoms. The quantitative estimate of drug-likeness (QED) is 0.647. The minimum Gasteiger partial charge on any atom is -0.406 e. The second-order valence-electron chi connectivity index (χ2n) is 7.81. The Morgan fingerprint density at radius 2 is 1.80 bits per heavy atom. The smallest absolute Gasteiger partial charge is 0.406 e. The van der Waals surface area contributed by atoms with Crippen molar-refractivity contribution in [1.82, 2.24) is 4.90 Å². The van der Waals surface area contributed by atoms with Crippen molar-refractivity contribution in [2.24, 2.45) is 5.92 Å². The number of methoxy groups -OCH3 is 1. The van der Waals surface area contributed by atoms with E-state index in [1.165, 1.54) is 17.0 Å². The molecule has 1 aromatic carbocycles. The average Bonchev–Trinajstić information content (AvgIpc) is 3.21. The number of alkyl halides is 3. The van der Waals surface area contributed by atoms with Crippen LogP contribution in [0.1, 0.15) is 47.7 Å². The number of benzene rings is 1. The van der Waals surface area contributed by atoms with Gasteiger partial charge in [0.05, 0.1) is 12.1 Å². The first-order valence-electron chi connectivity index (χ1n) is 10.1. The van der Waals surface area contributed by atoms with Gasteiger partial charge in [-0.1, -0.05) is 12.1 Å². The molecule has 1 saturated carbocycles. The van der Waals surface area contributed by atoms with Crippen molar-refractivity contribution < 1.29 is 27.4 Å². The third-order valence-corrected chi connectivity index (χ3v) is 7.03. The highest BCUT2D eigenvalue weighted by Crippen LogP contribution is 2.40. The summed E-state index contributed by atoms with van der Waals surface area (Å²) in [7, 11) is 1.71. The second kappa shape index (κ2) is 8.59. The van der Waals surface area contributed by atoms with E-state index in [-0.39, 0.29) is 29.7 Å². The molecule has 0 saturated heterocycles. The zero-order valence-corrected chi connectivity index (χ0v) is 17.5. The van der Waals surface area contributed by atoms with Crippen LogP contribution in [0.2, 0.25) is 0 Å². The van der Waals surface area contributed by atoms with E-state index in [2.05, 4.69) is 4.74 Å². The van der Waals surface area contributed by atoms with Crippen molar-refractivity contribution in [2.75, 3.05) is 13.7 Å². The zero-order valence-electron chi connectivity index (χ0n) is 16.7. The van der Waals surface area contributed by atoms with Gasteiger partial charge in [0, 0.05) is 24.4 Å². The van der Waals surface area contributed by atoms with Crippen LogP contribution in [0, 0.1) is 5.92 Å². The van der Waals surface area contributed by atoms with Gasteiger partial charge in [0.1, 0.15) is 5.75 Å². The normalized spacial score (nSPS) is 24.4. The van der Waals surface area contributed by atoms with E-state index in [9.17, 15) is 18.0 Å². The van der Waals surface area contributed by atoms with E-state index in [0.29, 0.717) is 6.54 Å². The fraction of sp³-hybridized carbons (Fsp3) is 0.500. The summed E-state index contributed by atoms with van der Waals surface area (Å²) in [6.45, 7) is 0.613. The lowest BCUT2D eigenvalue weighted by atomic mass is 9.84. The predicted molar refractivity (Wildman–Crippen MR) is 107 cm³/mol. The maximum absolute atomic E-state index is 13.4. The monoisotopic (exact) mass is 439 g/mol. The minimum absolute atomic E-state index is 0.0353. The van der Waals surface area contributed by atoms with Crippen LogP contribution >= 0.6 is 11.3 Å². The lowest BCUT2D eigenvalue weighted by Crippen LogP contribution is -2.44. The molecule has 1 aromatic heterocycles. The van der Waals surface area contributed by atoms with Gasteiger partial charge in [0.15, 0.2) is 0 Å². The van der Waals surface area contributed by atoms with Crippen LogP contribution in [0.3, 0.4) is 0 Å². The third kappa shape index (κ3) is 4.49. The Balaban J connectivity index is 1.59. The molecule has 1 aliphatic heterocycles. The number of ether oxygens (including phenoxy) is 2. The van der Waals surface area contributed by atoms with E-state index in [4.69, 9.17) is 4.74 Å². The van der Waals surface area contributed by atoms with Gasteiger partial charge in [0.25, 0.3) is 0 Å². The number of fused-ring (bicyclic) bond motifs is 1. The fourth-order valence-electron chi connectivity index (χ4n) is 4.55. The Hall–Kier alpha value is -2.06. The minimum atomic E-state index is -4.73. The van der Waals surface area contributed by atoms with Gasteiger partial charge in [0.2, 0.25) is 5.91 Å². The number of thiophene rings is 1. The third-order valence-electron chi connectivity index (χ3n) is 6.04.